The quantitative estimate of drug-likeness (QED) is 0.746. The molecule has 2 N–H and O–H groups in total. The molecule has 0 bridgehead atoms. The molecule has 2 fully saturated rings. The second-order valence-electron chi connectivity index (χ2n) is 8.54. The molecule has 1 aromatic carbocycles. The van der Waals surface area contributed by atoms with Gasteiger partial charge in [-0.2, -0.15) is 4.31 Å². The molecule has 2 aromatic rings. The molecule has 9 heteroatoms. The van der Waals surface area contributed by atoms with Crippen LogP contribution in [0.4, 0.5) is 0 Å². The molecule has 0 spiro atoms. The van der Waals surface area contributed by atoms with Gasteiger partial charge in [0.1, 0.15) is 0 Å². The van der Waals surface area contributed by atoms with Crippen molar-refractivity contribution >= 4 is 32.7 Å². The third-order valence-corrected chi connectivity index (χ3v) is 7.81. The molecule has 8 nitrogen and oxygen atoms in total. The van der Waals surface area contributed by atoms with Crippen LogP contribution in [0.5, 0.6) is 0 Å². The second kappa shape index (κ2) is 9.00. The number of para-hydroxylation sites is 1. The van der Waals surface area contributed by atoms with Crippen molar-refractivity contribution in [2.45, 2.75) is 38.1 Å². The van der Waals surface area contributed by atoms with Gasteiger partial charge in [0, 0.05) is 49.3 Å². The fourth-order valence-corrected chi connectivity index (χ4v) is 6.08. The molecule has 168 valence electrons. The van der Waals surface area contributed by atoms with Crippen molar-refractivity contribution in [3.05, 3.63) is 36.0 Å². The number of benzene rings is 1. The van der Waals surface area contributed by atoms with Crippen molar-refractivity contribution in [2.24, 2.45) is 5.92 Å². The minimum absolute atomic E-state index is 0.0757. The smallest absolute Gasteiger partial charge is 0.227 e. The average molecular weight is 447 g/mol. The van der Waals surface area contributed by atoms with Crippen molar-refractivity contribution < 1.29 is 18.0 Å². The number of rotatable bonds is 3. The van der Waals surface area contributed by atoms with Crippen molar-refractivity contribution in [2.75, 3.05) is 32.4 Å². The normalized spacial score (nSPS) is 23.9. The van der Waals surface area contributed by atoms with Gasteiger partial charge in [0.05, 0.1) is 18.6 Å². The number of carbonyl (C=O) groups is 2. The summed E-state index contributed by atoms with van der Waals surface area (Å²) in [6.07, 6.45) is 6.48. The monoisotopic (exact) mass is 446 g/mol. The molecular formula is C22H30N4O4S. The number of fused-ring (bicyclic) bond motifs is 2. The highest BCUT2D eigenvalue weighted by Crippen LogP contribution is 2.30. The molecule has 2 unspecified atom stereocenters. The molecule has 1 aliphatic heterocycles. The zero-order chi connectivity index (χ0) is 22.0. The lowest BCUT2D eigenvalue weighted by Gasteiger charge is -2.39. The zero-order valence-electron chi connectivity index (χ0n) is 17.8. The largest absolute Gasteiger partial charge is 0.361 e. The molecule has 31 heavy (non-hydrogen) atoms. The van der Waals surface area contributed by atoms with Gasteiger partial charge < -0.3 is 15.2 Å². The number of H-pyrrole nitrogens is 1. The molecule has 1 saturated carbocycles. The number of hydrogen-bond donors (Lipinski definition) is 2. The Morgan fingerprint density at radius 2 is 1.90 bits per heavy atom. The number of sulfonamides is 1. The number of aromatic amines is 1. The van der Waals surface area contributed by atoms with Gasteiger partial charge >= 0.3 is 0 Å². The molecule has 2 atom stereocenters. The Morgan fingerprint density at radius 3 is 2.71 bits per heavy atom. The van der Waals surface area contributed by atoms with E-state index in [0.717, 1.165) is 29.3 Å². The Morgan fingerprint density at radius 1 is 1.13 bits per heavy atom. The fraction of sp³-hybridized carbons (Fsp3) is 0.545. The summed E-state index contributed by atoms with van der Waals surface area (Å²) in [7, 11) is -3.50. The Labute approximate surface area is 183 Å². The third-order valence-electron chi connectivity index (χ3n) is 6.50. The molecule has 1 aliphatic carbocycles. The first kappa shape index (κ1) is 21.8. The summed E-state index contributed by atoms with van der Waals surface area (Å²) >= 11 is 0. The Kier molecular flexibility index (Phi) is 6.34. The minimum atomic E-state index is -3.50. The predicted octanol–water partition coefficient (Wildman–Crippen LogP) is 1.49. The van der Waals surface area contributed by atoms with Crippen molar-refractivity contribution in [3.63, 3.8) is 0 Å². The van der Waals surface area contributed by atoms with Gasteiger partial charge in [-0.3, -0.25) is 9.59 Å². The van der Waals surface area contributed by atoms with Crippen LogP contribution < -0.4 is 5.32 Å². The highest BCUT2D eigenvalue weighted by Gasteiger charge is 2.39. The van der Waals surface area contributed by atoms with Crippen LogP contribution in [0, 0.1) is 5.92 Å². The van der Waals surface area contributed by atoms with Gasteiger partial charge in [0.2, 0.25) is 21.8 Å². The van der Waals surface area contributed by atoms with Gasteiger partial charge in [-0.1, -0.05) is 31.0 Å². The van der Waals surface area contributed by atoms with E-state index >= 15 is 0 Å². The fourth-order valence-electron chi connectivity index (χ4n) is 4.92. The first-order valence-electron chi connectivity index (χ1n) is 10.9. The number of amides is 2. The van der Waals surface area contributed by atoms with E-state index < -0.39 is 10.0 Å². The van der Waals surface area contributed by atoms with Crippen molar-refractivity contribution in [1.29, 1.82) is 0 Å². The molecule has 2 heterocycles. The van der Waals surface area contributed by atoms with Crippen LogP contribution in [0.15, 0.2) is 30.5 Å². The number of aromatic nitrogens is 1. The van der Waals surface area contributed by atoms with Gasteiger partial charge in [-0.15, -0.1) is 0 Å². The summed E-state index contributed by atoms with van der Waals surface area (Å²) < 4.78 is 26.6. The summed E-state index contributed by atoms with van der Waals surface area (Å²) in [4.78, 5) is 30.8. The van der Waals surface area contributed by atoms with Gasteiger partial charge in [-0.25, -0.2) is 8.42 Å². The molecule has 1 aromatic heterocycles. The Hall–Kier alpha value is -2.39. The minimum Gasteiger partial charge on any atom is -0.361 e. The SMILES string of the molecule is CS(=O)(=O)N1CCN(C(=O)Cc2c[nH]c3ccccc23)CCNC(=O)C2CCCCC21. The summed E-state index contributed by atoms with van der Waals surface area (Å²) in [5.74, 6) is -0.505. The summed E-state index contributed by atoms with van der Waals surface area (Å²) in [5.41, 5.74) is 1.89. The van der Waals surface area contributed by atoms with Crippen LogP contribution >= 0.6 is 0 Å². The van der Waals surface area contributed by atoms with Crippen molar-refractivity contribution in [1.82, 2.24) is 19.5 Å². The van der Waals surface area contributed by atoms with Crippen LogP contribution in [-0.4, -0.2) is 72.9 Å². The first-order chi connectivity index (χ1) is 14.8. The maximum atomic E-state index is 13.1. The average Bonchev–Trinajstić information content (AvgIpc) is 3.14. The van der Waals surface area contributed by atoms with Crippen LogP contribution in [0.25, 0.3) is 10.9 Å². The number of hydrogen-bond acceptors (Lipinski definition) is 4. The Balaban J connectivity index is 1.54. The topological polar surface area (TPSA) is 103 Å². The molecule has 2 amide bonds. The zero-order valence-corrected chi connectivity index (χ0v) is 18.7. The van der Waals surface area contributed by atoms with E-state index in [-0.39, 0.29) is 36.7 Å². The highest BCUT2D eigenvalue weighted by atomic mass is 32.2. The number of nitrogens with one attached hydrogen (secondary N) is 2. The summed E-state index contributed by atoms with van der Waals surface area (Å²) in [5, 5.41) is 3.94. The van der Waals surface area contributed by atoms with Crippen LogP contribution in [-0.2, 0) is 26.0 Å². The van der Waals surface area contributed by atoms with Crippen molar-refractivity contribution in [3.8, 4) is 0 Å². The molecular weight excluding hydrogens is 416 g/mol. The maximum absolute atomic E-state index is 13.1. The molecule has 2 aliphatic rings. The van der Waals surface area contributed by atoms with E-state index in [1.165, 1.54) is 10.6 Å². The highest BCUT2D eigenvalue weighted by molar-refractivity contribution is 7.88. The number of carbonyl (C=O) groups excluding carboxylic acids is 2. The number of nitrogens with zero attached hydrogens (tertiary/aromatic N) is 2. The summed E-state index contributed by atoms with van der Waals surface area (Å²) in [6, 6.07) is 7.48. The molecule has 0 radical (unpaired) electrons. The van der Waals surface area contributed by atoms with E-state index in [9.17, 15) is 18.0 Å². The van der Waals surface area contributed by atoms with E-state index in [1.54, 1.807) is 4.90 Å². The van der Waals surface area contributed by atoms with E-state index in [4.69, 9.17) is 0 Å². The van der Waals surface area contributed by atoms with E-state index in [1.807, 2.05) is 30.5 Å². The lowest BCUT2D eigenvalue weighted by atomic mass is 9.83. The predicted molar refractivity (Wildman–Crippen MR) is 119 cm³/mol. The second-order valence-corrected chi connectivity index (χ2v) is 10.5. The lowest BCUT2D eigenvalue weighted by Crippen LogP contribution is -2.55. The van der Waals surface area contributed by atoms with Crippen LogP contribution in [0.3, 0.4) is 0 Å². The maximum Gasteiger partial charge on any atom is 0.227 e. The standard InChI is InChI=1S/C22H30N4O4S/c1-31(29,30)26-13-12-25(11-10-23-22(28)18-7-3-5-9-20(18)26)21(27)14-16-15-24-19-8-4-2-6-17(16)19/h2,4,6,8,15,18,20,24H,3,5,7,9-14H2,1H3,(H,23,28). The van der Waals surface area contributed by atoms with Crippen LogP contribution in [0.1, 0.15) is 31.2 Å². The Bertz CT molecular complexity index is 1060. The van der Waals surface area contributed by atoms with Gasteiger partial charge in [0.25, 0.3) is 0 Å². The van der Waals surface area contributed by atoms with Crippen LogP contribution in [0.2, 0.25) is 0 Å². The van der Waals surface area contributed by atoms with E-state index in [2.05, 4.69) is 10.3 Å². The molecule has 1 saturated heterocycles. The third kappa shape index (κ3) is 4.77. The summed E-state index contributed by atoms with van der Waals surface area (Å²) in [6.45, 7) is 1.27. The van der Waals surface area contributed by atoms with Gasteiger partial charge in [0.15, 0.2) is 0 Å². The molecule has 4 rings (SSSR count). The lowest BCUT2D eigenvalue weighted by molar-refractivity contribution is -0.133. The van der Waals surface area contributed by atoms with Gasteiger partial charge in [-0.05, 0) is 24.5 Å². The first-order valence-corrected chi connectivity index (χ1v) is 12.8. The van der Waals surface area contributed by atoms with E-state index in [0.29, 0.717) is 32.5 Å².